The Kier molecular flexibility index (Phi) is 4.02. The standard InChI is InChI=1S/C19H15ClN2OS2/c1-11(2)21-17-16(12-6-5-7-13(20)10-12)25-19(24)22(17)15-9-4-3-8-14(15)18(21)23/h3-11H,1-2H3. The number of aromatic nitrogens is 2. The first-order chi connectivity index (χ1) is 12.0. The van der Waals surface area contributed by atoms with Crippen molar-refractivity contribution in [1.82, 2.24) is 8.97 Å². The lowest BCUT2D eigenvalue weighted by molar-refractivity contribution is 0.595. The lowest BCUT2D eigenvalue weighted by Crippen LogP contribution is -2.24. The summed E-state index contributed by atoms with van der Waals surface area (Å²) in [6.45, 7) is 4.03. The average Bonchev–Trinajstić information content (AvgIpc) is 2.92. The molecule has 0 amide bonds. The zero-order valence-corrected chi connectivity index (χ0v) is 16.1. The smallest absolute Gasteiger partial charge is 0.261 e. The summed E-state index contributed by atoms with van der Waals surface area (Å²) in [6.07, 6.45) is 0. The molecule has 0 radical (unpaired) electrons. The van der Waals surface area contributed by atoms with Crippen LogP contribution in [0.25, 0.3) is 27.0 Å². The summed E-state index contributed by atoms with van der Waals surface area (Å²) < 4.78 is 4.55. The fourth-order valence-corrected chi connectivity index (χ4v) is 4.77. The van der Waals surface area contributed by atoms with Gasteiger partial charge in [0.25, 0.3) is 5.56 Å². The minimum atomic E-state index is 0.00155. The van der Waals surface area contributed by atoms with Gasteiger partial charge in [0.1, 0.15) is 5.65 Å². The molecule has 0 saturated carbocycles. The molecule has 2 aromatic carbocycles. The second-order valence-corrected chi connectivity index (χ2v) is 8.23. The van der Waals surface area contributed by atoms with E-state index in [-0.39, 0.29) is 11.6 Å². The number of hydrogen-bond acceptors (Lipinski definition) is 3. The normalized spacial score (nSPS) is 11.7. The van der Waals surface area contributed by atoms with E-state index < -0.39 is 0 Å². The minimum absolute atomic E-state index is 0.00155. The number of thiazole rings is 1. The predicted octanol–water partition coefficient (Wildman–Crippen LogP) is 5.95. The first-order valence-electron chi connectivity index (χ1n) is 7.94. The maximum Gasteiger partial charge on any atom is 0.261 e. The number of rotatable bonds is 2. The highest BCUT2D eigenvalue weighted by Gasteiger charge is 2.19. The summed E-state index contributed by atoms with van der Waals surface area (Å²) in [5.74, 6) is 0. The Morgan fingerprint density at radius 3 is 2.60 bits per heavy atom. The van der Waals surface area contributed by atoms with Gasteiger partial charge in [-0.15, -0.1) is 11.3 Å². The molecule has 6 heteroatoms. The van der Waals surface area contributed by atoms with Crippen LogP contribution in [0.2, 0.25) is 5.02 Å². The quantitative estimate of drug-likeness (QED) is 0.398. The van der Waals surface area contributed by atoms with E-state index in [2.05, 4.69) is 0 Å². The number of nitrogens with zero attached hydrogens (tertiary/aromatic N) is 2. The molecule has 126 valence electrons. The molecule has 0 fully saturated rings. The molecular weight excluding hydrogens is 372 g/mol. The van der Waals surface area contributed by atoms with Crippen LogP contribution in [0.3, 0.4) is 0 Å². The Hall–Kier alpha value is -1.95. The largest absolute Gasteiger partial charge is 0.290 e. The monoisotopic (exact) mass is 386 g/mol. The highest BCUT2D eigenvalue weighted by Crippen LogP contribution is 2.35. The lowest BCUT2D eigenvalue weighted by Gasteiger charge is -2.16. The highest BCUT2D eigenvalue weighted by atomic mass is 35.5. The number of benzene rings is 2. The molecule has 0 aliphatic heterocycles. The van der Waals surface area contributed by atoms with Gasteiger partial charge in [0.05, 0.1) is 15.8 Å². The summed E-state index contributed by atoms with van der Waals surface area (Å²) in [5.41, 5.74) is 2.64. The molecule has 4 rings (SSSR count). The highest BCUT2D eigenvalue weighted by molar-refractivity contribution is 7.73. The third kappa shape index (κ3) is 2.54. The Morgan fingerprint density at radius 1 is 1.12 bits per heavy atom. The molecule has 0 aliphatic rings. The molecule has 0 unspecified atom stereocenters. The van der Waals surface area contributed by atoms with Crippen molar-refractivity contribution < 1.29 is 0 Å². The van der Waals surface area contributed by atoms with Crippen LogP contribution in [-0.2, 0) is 0 Å². The van der Waals surface area contributed by atoms with Crippen LogP contribution in [-0.4, -0.2) is 8.97 Å². The summed E-state index contributed by atoms with van der Waals surface area (Å²) in [6, 6.07) is 15.3. The van der Waals surface area contributed by atoms with Crippen molar-refractivity contribution in [2.45, 2.75) is 19.9 Å². The van der Waals surface area contributed by atoms with E-state index in [1.54, 1.807) is 0 Å². The third-order valence-electron chi connectivity index (χ3n) is 4.21. The van der Waals surface area contributed by atoms with Crippen molar-refractivity contribution >= 4 is 51.7 Å². The zero-order chi connectivity index (χ0) is 17.7. The Morgan fingerprint density at radius 2 is 1.88 bits per heavy atom. The van der Waals surface area contributed by atoms with E-state index in [9.17, 15) is 4.79 Å². The maximum absolute atomic E-state index is 13.1. The number of fused-ring (bicyclic) bond motifs is 3. The van der Waals surface area contributed by atoms with Gasteiger partial charge in [-0.2, -0.15) is 0 Å². The molecule has 0 bridgehead atoms. The van der Waals surface area contributed by atoms with E-state index >= 15 is 0 Å². The van der Waals surface area contributed by atoms with Crippen molar-refractivity contribution in [2.24, 2.45) is 0 Å². The predicted molar refractivity (Wildman–Crippen MR) is 109 cm³/mol. The fourth-order valence-electron chi connectivity index (χ4n) is 3.17. The van der Waals surface area contributed by atoms with Crippen LogP contribution < -0.4 is 5.56 Å². The van der Waals surface area contributed by atoms with E-state index in [0.29, 0.717) is 10.4 Å². The molecule has 4 aromatic rings. The molecule has 0 atom stereocenters. The van der Waals surface area contributed by atoms with Gasteiger partial charge in [0.15, 0.2) is 3.95 Å². The van der Waals surface area contributed by atoms with Gasteiger partial charge >= 0.3 is 0 Å². The van der Waals surface area contributed by atoms with Crippen molar-refractivity contribution in [3.63, 3.8) is 0 Å². The van der Waals surface area contributed by atoms with Gasteiger partial charge in [-0.05, 0) is 55.9 Å². The molecule has 2 heterocycles. The summed E-state index contributed by atoms with van der Waals surface area (Å²) in [5, 5.41) is 1.34. The van der Waals surface area contributed by atoms with Crippen LogP contribution in [0.15, 0.2) is 53.3 Å². The van der Waals surface area contributed by atoms with Crippen LogP contribution in [0.5, 0.6) is 0 Å². The van der Waals surface area contributed by atoms with E-state index in [4.69, 9.17) is 23.8 Å². The Labute approximate surface area is 158 Å². The van der Waals surface area contributed by atoms with Gasteiger partial charge in [-0.3, -0.25) is 13.8 Å². The molecule has 0 spiro atoms. The molecule has 3 nitrogen and oxygen atoms in total. The van der Waals surface area contributed by atoms with E-state index in [0.717, 1.165) is 25.6 Å². The van der Waals surface area contributed by atoms with Crippen LogP contribution in [0, 0.1) is 3.95 Å². The number of hydrogen-bond donors (Lipinski definition) is 0. The van der Waals surface area contributed by atoms with Gasteiger partial charge in [-0.25, -0.2) is 0 Å². The third-order valence-corrected chi connectivity index (χ3v) is 5.86. The van der Waals surface area contributed by atoms with Crippen LogP contribution >= 0.6 is 35.2 Å². The first kappa shape index (κ1) is 16.5. The second kappa shape index (κ2) is 6.09. The lowest BCUT2D eigenvalue weighted by atomic mass is 10.1. The van der Waals surface area contributed by atoms with Gasteiger partial charge in [0.2, 0.25) is 0 Å². The van der Waals surface area contributed by atoms with Crippen molar-refractivity contribution in [3.05, 3.63) is 67.9 Å². The average molecular weight is 387 g/mol. The van der Waals surface area contributed by atoms with Gasteiger partial charge in [-0.1, -0.05) is 35.9 Å². The molecule has 0 aliphatic carbocycles. The number of halogens is 1. The van der Waals surface area contributed by atoms with Crippen molar-refractivity contribution in [1.29, 1.82) is 0 Å². The van der Waals surface area contributed by atoms with Gasteiger partial charge < -0.3 is 0 Å². The summed E-state index contributed by atoms with van der Waals surface area (Å²) in [7, 11) is 0. The Balaban J connectivity index is 2.29. The van der Waals surface area contributed by atoms with Crippen molar-refractivity contribution in [3.8, 4) is 10.4 Å². The van der Waals surface area contributed by atoms with Crippen molar-refractivity contribution in [2.75, 3.05) is 0 Å². The molecule has 0 N–H and O–H groups in total. The van der Waals surface area contributed by atoms with Gasteiger partial charge in [0, 0.05) is 11.1 Å². The van der Waals surface area contributed by atoms with E-state index in [1.807, 2.05) is 71.3 Å². The second-order valence-electron chi connectivity index (χ2n) is 6.15. The number of para-hydroxylation sites is 1. The molecule has 25 heavy (non-hydrogen) atoms. The molecular formula is C19H15ClN2OS2. The van der Waals surface area contributed by atoms with E-state index in [1.165, 1.54) is 11.3 Å². The first-order valence-corrected chi connectivity index (χ1v) is 9.54. The van der Waals surface area contributed by atoms with Crippen LogP contribution in [0.1, 0.15) is 19.9 Å². The summed E-state index contributed by atoms with van der Waals surface area (Å²) in [4.78, 5) is 14.1. The molecule has 0 saturated heterocycles. The fraction of sp³-hybridized carbons (Fsp3) is 0.158. The zero-order valence-electron chi connectivity index (χ0n) is 13.7. The SMILES string of the molecule is CC(C)n1c(=O)c2ccccc2n2c(=S)sc(-c3cccc(Cl)c3)c12. The topological polar surface area (TPSA) is 26.4 Å². The Bertz CT molecular complexity index is 1230. The van der Waals surface area contributed by atoms with Crippen LogP contribution in [0.4, 0.5) is 0 Å². The summed E-state index contributed by atoms with van der Waals surface area (Å²) >= 11 is 13.3. The minimum Gasteiger partial charge on any atom is -0.290 e. The molecule has 2 aromatic heterocycles. The maximum atomic E-state index is 13.1.